The average molecular weight is 312 g/mol. The van der Waals surface area contributed by atoms with E-state index >= 15 is 0 Å². The standard InChI is InChI=1S/C14H17N3O3.ClH/c1-2-13-17-10-5-8(3-4-12(10)20-13)16-14(19)11-6-9(18)7-15-11;/h3-5,9,11,15,18H,2,6-7H2,1H3,(H,16,19);1H. The lowest BCUT2D eigenvalue weighted by Crippen LogP contribution is -2.35. The zero-order valence-electron chi connectivity index (χ0n) is 11.6. The molecule has 2 aromatic rings. The van der Waals surface area contributed by atoms with Gasteiger partial charge in [-0.3, -0.25) is 4.79 Å². The second-order valence-corrected chi connectivity index (χ2v) is 4.98. The number of fused-ring (bicyclic) bond motifs is 1. The van der Waals surface area contributed by atoms with E-state index in [1.807, 2.05) is 6.92 Å². The summed E-state index contributed by atoms with van der Waals surface area (Å²) in [5.74, 6) is 0.546. The summed E-state index contributed by atoms with van der Waals surface area (Å²) in [5.41, 5.74) is 2.13. The van der Waals surface area contributed by atoms with Crippen LogP contribution in [-0.4, -0.2) is 34.7 Å². The SMILES string of the molecule is CCc1nc2cc(NC(=O)C3CC(O)CN3)ccc2o1.Cl. The molecule has 3 N–H and O–H groups in total. The van der Waals surface area contributed by atoms with Crippen LogP contribution in [0.15, 0.2) is 22.6 Å². The summed E-state index contributed by atoms with van der Waals surface area (Å²) >= 11 is 0. The number of aliphatic hydroxyl groups is 1. The largest absolute Gasteiger partial charge is 0.441 e. The van der Waals surface area contributed by atoms with E-state index < -0.39 is 6.10 Å². The van der Waals surface area contributed by atoms with Crippen LogP contribution in [0.4, 0.5) is 5.69 Å². The van der Waals surface area contributed by atoms with Crippen LogP contribution < -0.4 is 10.6 Å². The second-order valence-electron chi connectivity index (χ2n) is 4.98. The van der Waals surface area contributed by atoms with Crippen molar-refractivity contribution in [2.45, 2.75) is 31.9 Å². The molecule has 114 valence electrons. The molecule has 0 radical (unpaired) electrons. The van der Waals surface area contributed by atoms with Gasteiger partial charge in [0.05, 0.1) is 12.1 Å². The van der Waals surface area contributed by atoms with Gasteiger partial charge in [-0.1, -0.05) is 6.92 Å². The third-order valence-corrected chi connectivity index (χ3v) is 3.43. The second kappa shape index (κ2) is 6.43. The number of carbonyl (C=O) groups excluding carboxylic acids is 1. The summed E-state index contributed by atoms with van der Waals surface area (Å²) in [6.07, 6.45) is 0.731. The molecule has 1 aromatic heterocycles. The first-order chi connectivity index (χ1) is 9.65. The van der Waals surface area contributed by atoms with E-state index in [-0.39, 0.29) is 24.4 Å². The van der Waals surface area contributed by atoms with Gasteiger partial charge < -0.3 is 20.2 Å². The fourth-order valence-electron chi connectivity index (χ4n) is 2.35. The topological polar surface area (TPSA) is 87.4 Å². The van der Waals surface area contributed by atoms with Gasteiger partial charge in [0.25, 0.3) is 0 Å². The molecular formula is C14H18ClN3O3. The number of aromatic nitrogens is 1. The summed E-state index contributed by atoms with van der Waals surface area (Å²) in [4.78, 5) is 16.4. The quantitative estimate of drug-likeness (QED) is 0.799. The minimum absolute atomic E-state index is 0. The van der Waals surface area contributed by atoms with Crippen LogP contribution in [-0.2, 0) is 11.2 Å². The molecule has 0 aliphatic carbocycles. The Morgan fingerprint density at radius 2 is 2.38 bits per heavy atom. The molecule has 6 nitrogen and oxygen atoms in total. The lowest BCUT2D eigenvalue weighted by Gasteiger charge is -2.10. The van der Waals surface area contributed by atoms with Gasteiger partial charge in [0.15, 0.2) is 11.5 Å². The Morgan fingerprint density at radius 3 is 3.05 bits per heavy atom. The van der Waals surface area contributed by atoms with Crippen molar-refractivity contribution < 1.29 is 14.3 Å². The number of anilines is 1. The molecule has 1 aromatic carbocycles. The molecule has 0 saturated carbocycles. The maximum Gasteiger partial charge on any atom is 0.241 e. The van der Waals surface area contributed by atoms with Gasteiger partial charge in [0, 0.05) is 18.7 Å². The predicted molar refractivity (Wildman–Crippen MR) is 81.7 cm³/mol. The van der Waals surface area contributed by atoms with Crippen LogP contribution in [0.25, 0.3) is 11.1 Å². The summed E-state index contributed by atoms with van der Waals surface area (Å²) < 4.78 is 5.52. The molecule has 1 aliphatic heterocycles. The van der Waals surface area contributed by atoms with Gasteiger partial charge >= 0.3 is 0 Å². The van der Waals surface area contributed by atoms with Crippen molar-refractivity contribution in [1.29, 1.82) is 0 Å². The van der Waals surface area contributed by atoms with E-state index in [1.165, 1.54) is 0 Å². The van der Waals surface area contributed by atoms with Crippen LogP contribution in [0.5, 0.6) is 0 Å². The zero-order valence-corrected chi connectivity index (χ0v) is 12.4. The number of hydrogen-bond acceptors (Lipinski definition) is 5. The lowest BCUT2D eigenvalue weighted by atomic mass is 10.2. The molecule has 2 unspecified atom stereocenters. The number of β-amino-alcohol motifs (C(OH)–C–C–N with tert-alkyl or cyclic N) is 1. The number of nitrogens with one attached hydrogen (secondary N) is 2. The Labute approximate surface area is 128 Å². The maximum absolute atomic E-state index is 12.0. The summed E-state index contributed by atoms with van der Waals surface area (Å²) in [5, 5.41) is 15.2. The monoisotopic (exact) mass is 311 g/mol. The summed E-state index contributed by atoms with van der Waals surface area (Å²) in [7, 11) is 0. The van der Waals surface area contributed by atoms with Crippen molar-refractivity contribution in [3.05, 3.63) is 24.1 Å². The smallest absolute Gasteiger partial charge is 0.241 e. The Morgan fingerprint density at radius 1 is 1.57 bits per heavy atom. The van der Waals surface area contributed by atoms with E-state index in [2.05, 4.69) is 15.6 Å². The molecule has 21 heavy (non-hydrogen) atoms. The highest BCUT2D eigenvalue weighted by Crippen LogP contribution is 2.21. The van der Waals surface area contributed by atoms with E-state index in [0.29, 0.717) is 30.1 Å². The van der Waals surface area contributed by atoms with Gasteiger partial charge in [0.2, 0.25) is 5.91 Å². The van der Waals surface area contributed by atoms with Crippen molar-refractivity contribution in [3.63, 3.8) is 0 Å². The number of halogens is 1. The summed E-state index contributed by atoms with van der Waals surface area (Å²) in [6, 6.07) is 5.04. The highest BCUT2D eigenvalue weighted by molar-refractivity contribution is 5.96. The first-order valence-corrected chi connectivity index (χ1v) is 6.77. The highest BCUT2D eigenvalue weighted by atomic mass is 35.5. The fourth-order valence-corrected chi connectivity index (χ4v) is 2.35. The summed E-state index contributed by atoms with van der Waals surface area (Å²) in [6.45, 7) is 2.44. The third-order valence-electron chi connectivity index (χ3n) is 3.43. The van der Waals surface area contributed by atoms with E-state index in [1.54, 1.807) is 18.2 Å². The van der Waals surface area contributed by atoms with Crippen molar-refractivity contribution in [3.8, 4) is 0 Å². The molecule has 3 rings (SSSR count). The van der Waals surface area contributed by atoms with Gasteiger partial charge in [0.1, 0.15) is 5.52 Å². The zero-order chi connectivity index (χ0) is 14.1. The molecule has 0 bridgehead atoms. The van der Waals surface area contributed by atoms with Gasteiger partial charge in [-0.15, -0.1) is 12.4 Å². The Kier molecular flexibility index (Phi) is 4.82. The van der Waals surface area contributed by atoms with Gasteiger partial charge in [-0.05, 0) is 24.6 Å². The average Bonchev–Trinajstić information content (AvgIpc) is 3.03. The van der Waals surface area contributed by atoms with Crippen LogP contribution in [0.2, 0.25) is 0 Å². The third kappa shape index (κ3) is 3.34. The molecule has 1 aliphatic rings. The first kappa shape index (κ1) is 15.8. The molecule has 1 fully saturated rings. The minimum atomic E-state index is -0.448. The fraction of sp³-hybridized carbons (Fsp3) is 0.429. The van der Waals surface area contributed by atoms with Crippen LogP contribution >= 0.6 is 12.4 Å². The number of amides is 1. The Balaban J connectivity index is 0.00000161. The number of nitrogens with zero attached hydrogens (tertiary/aromatic N) is 1. The van der Waals surface area contributed by atoms with Crippen molar-refractivity contribution in [2.75, 3.05) is 11.9 Å². The normalized spacial score (nSPS) is 21.2. The number of aliphatic hydroxyl groups excluding tert-OH is 1. The molecule has 2 atom stereocenters. The number of rotatable bonds is 3. The van der Waals surface area contributed by atoms with E-state index in [9.17, 15) is 9.90 Å². The van der Waals surface area contributed by atoms with Crippen molar-refractivity contribution in [1.82, 2.24) is 10.3 Å². The van der Waals surface area contributed by atoms with Gasteiger partial charge in [-0.2, -0.15) is 0 Å². The lowest BCUT2D eigenvalue weighted by molar-refractivity contribution is -0.117. The van der Waals surface area contributed by atoms with Crippen LogP contribution in [0, 0.1) is 0 Å². The number of carbonyl (C=O) groups is 1. The Hall–Kier alpha value is -1.63. The molecule has 1 amide bonds. The minimum Gasteiger partial charge on any atom is -0.441 e. The molecule has 7 heteroatoms. The molecular weight excluding hydrogens is 294 g/mol. The van der Waals surface area contributed by atoms with Crippen molar-refractivity contribution in [2.24, 2.45) is 0 Å². The number of benzene rings is 1. The number of oxazole rings is 1. The first-order valence-electron chi connectivity index (χ1n) is 6.77. The van der Waals surface area contributed by atoms with Crippen LogP contribution in [0.3, 0.4) is 0 Å². The maximum atomic E-state index is 12.0. The number of hydrogen-bond donors (Lipinski definition) is 3. The molecule has 0 spiro atoms. The van der Waals surface area contributed by atoms with E-state index in [4.69, 9.17) is 4.42 Å². The highest BCUT2D eigenvalue weighted by Gasteiger charge is 2.28. The molecule has 2 heterocycles. The Bertz CT molecular complexity index is 643. The predicted octanol–water partition coefficient (Wildman–Crippen LogP) is 1.47. The van der Waals surface area contributed by atoms with Crippen LogP contribution in [0.1, 0.15) is 19.2 Å². The van der Waals surface area contributed by atoms with E-state index in [0.717, 1.165) is 11.9 Å². The van der Waals surface area contributed by atoms with Crippen molar-refractivity contribution >= 4 is 35.1 Å². The van der Waals surface area contributed by atoms with Gasteiger partial charge in [-0.25, -0.2) is 4.98 Å². The number of aryl methyl sites for hydroxylation is 1. The molecule has 1 saturated heterocycles.